The molecule has 1 rings (SSSR count). The Bertz CT molecular complexity index is 438. The van der Waals surface area contributed by atoms with Gasteiger partial charge in [0.15, 0.2) is 0 Å². The predicted molar refractivity (Wildman–Crippen MR) is 71.1 cm³/mol. The van der Waals surface area contributed by atoms with Crippen LogP contribution >= 0.6 is 27.7 Å². The van der Waals surface area contributed by atoms with Crippen molar-refractivity contribution in [2.24, 2.45) is 0 Å². The van der Waals surface area contributed by atoms with Crippen molar-refractivity contribution >= 4 is 33.7 Å². The zero-order valence-corrected chi connectivity index (χ0v) is 12.4. The minimum absolute atomic E-state index is 0.0701. The number of hydrogen-bond donors (Lipinski definition) is 0. The molecule has 0 saturated carbocycles. The molecule has 0 aliphatic heterocycles. The highest BCUT2D eigenvalue weighted by molar-refractivity contribution is 9.10. The summed E-state index contributed by atoms with van der Waals surface area (Å²) in [7, 11) is 0. The summed E-state index contributed by atoms with van der Waals surface area (Å²) < 4.78 is 32.4. The number of alkyl halides is 2. The average molecular weight is 339 g/mol. The largest absolute Gasteiger partial charge is 0.461 e. The summed E-state index contributed by atoms with van der Waals surface area (Å²) >= 11 is 4.75. The van der Waals surface area contributed by atoms with Gasteiger partial charge in [-0.3, -0.25) is 0 Å². The number of halogens is 3. The molecular weight excluding hydrogens is 326 g/mol. The monoisotopic (exact) mass is 338 g/mol. The lowest BCUT2D eigenvalue weighted by molar-refractivity contribution is -0.173. The minimum Gasteiger partial charge on any atom is -0.461 e. The molecule has 1 aromatic carbocycles. The standard InChI is InChI=1S/C12H13BrF2O2S/c1-3-17-11(16)12(14,15)8-5-6-10(18-4-2)9(13)7-8/h5-7H,3-4H2,1-2H3. The third kappa shape index (κ3) is 3.45. The smallest absolute Gasteiger partial charge is 0.381 e. The fraction of sp³-hybridized carbons (Fsp3) is 0.417. The maximum atomic E-state index is 13.7. The van der Waals surface area contributed by atoms with Crippen molar-refractivity contribution in [1.82, 2.24) is 0 Å². The summed E-state index contributed by atoms with van der Waals surface area (Å²) in [5.41, 5.74) is -0.367. The van der Waals surface area contributed by atoms with Gasteiger partial charge in [-0.2, -0.15) is 8.78 Å². The Morgan fingerprint density at radius 2 is 2.11 bits per heavy atom. The van der Waals surface area contributed by atoms with Crippen LogP contribution in [-0.4, -0.2) is 18.3 Å². The van der Waals surface area contributed by atoms with E-state index < -0.39 is 11.9 Å². The first-order valence-electron chi connectivity index (χ1n) is 5.41. The van der Waals surface area contributed by atoms with Gasteiger partial charge in [0.25, 0.3) is 0 Å². The highest BCUT2D eigenvalue weighted by Crippen LogP contribution is 2.35. The van der Waals surface area contributed by atoms with Crippen LogP contribution in [0.3, 0.4) is 0 Å². The van der Waals surface area contributed by atoms with E-state index in [9.17, 15) is 13.6 Å². The van der Waals surface area contributed by atoms with E-state index in [1.165, 1.54) is 30.8 Å². The fourth-order valence-corrected chi connectivity index (χ4v) is 2.70. The van der Waals surface area contributed by atoms with Gasteiger partial charge < -0.3 is 4.74 Å². The Morgan fingerprint density at radius 3 is 2.61 bits per heavy atom. The zero-order chi connectivity index (χ0) is 13.8. The van der Waals surface area contributed by atoms with Crippen LogP contribution in [0, 0.1) is 0 Å². The lowest BCUT2D eigenvalue weighted by atomic mass is 10.1. The number of hydrogen-bond acceptors (Lipinski definition) is 3. The van der Waals surface area contributed by atoms with Crippen LogP contribution in [0.2, 0.25) is 0 Å². The molecule has 0 aromatic heterocycles. The summed E-state index contributed by atoms with van der Waals surface area (Å²) in [4.78, 5) is 12.1. The molecule has 0 amide bonds. The normalized spacial score (nSPS) is 11.4. The highest BCUT2D eigenvalue weighted by Gasteiger charge is 2.42. The van der Waals surface area contributed by atoms with Gasteiger partial charge in [-0.15, -0.1) is 11.8 Å². The van der Waals surface area contributed by atoms with Crippen LogP contribution in [0.25, 0.3) is 0 Å². The second-order valence-electron chi connectivity index (χ2n) is 3.37. The van der Waals surface area contributed by atoms with Crippen LogP contribution in [0.4, 0.5) is 8.78 Å². The van der Waals surface area contributed by atoms with E-state index in [0.29, 0.717) is 4.47 Å². The molecule has 0 aliphatic carbocycles. The molecule has 0 heterocycles. The number of benzene rings is 1. The number of rotatable bonds is 5. The Balaban J connectivity index is 3.03. The number of carbonyl (C=O) groups excluding carboxylic acids is 1. The molecule has 0 aliphatic rings. The first-order chi connectivity index (χ1) is 8.43. The van der Waals surface area contributed by atoms with Crippen LogP contribution in [-0.2, 0) is 15.5 Å². The second-order valence-corrected chi connectivity index (χ2v) is 5.53. The van der Waals surface area contributed by atoms with Crippen molar-refractivity contribution in [3.05, 3.63) is 28.2 Å². The number of ether oxygens (including phenoxy) is 1. The van der Waals surface area contributed by atoms with E-state index in [4.69, 9.17) is 0 Å². The molecule has 1 aromatic rings. The number of esters is 1. The fourth-order valence-electron chi connectivity index (χ4n) is 1.31. The van der Waals surface area contributed by atoms with Gasteiger partial charge in [0, 0.05) is 14.9 Å². The van der Waals surface area contributed by atoms with E-state index >= 15 is 0 Å². The van der Waals surface area contributed by atoms with Crippen molar-refractivity contribution in [3.63, 3.8) is 0 Å². The van der Waals surface area contributed by atoms with Crippen LogP contribution < -0.4 is 0 Å². The van der Waals surface area contributed by atoms with Gasteiger partial charge in [0.05, 0.1) is 6.61 Å². The quantitative estimate of drug-likeness (QED) is 0.594. The lowest BCUT2D eigenvalue weighted by Gasteiger charge is -2.16. The summed E-state index contributed by atoms with van der Waals surface area (Å²) in [6, 6.07) is 4.08. The first-order valence-corrected chi connectivity index (χ1v) is 7.19. The van der Waals surface area contributed by atoms with Gasteiger partial charge in [-0.1, -0.05) is 13.0 Å². The molecule has 0 bridgehead atoms. The van der Waals surface area contributed by atoms with Gasteiger partial charge >= 0.3 is 11.9 Å². The number of carbonyl (C=O) groups is 1. The molecule has 0 radical (unpaired) electrons. The maximum Gasteiger partial charge on any atom is 0.381 e. The van der Waals surface area contributed by atoms with Gasteiger partial charge in [-0.05, 0) is 40.7 Å². The molecule has 2 nitrogen and oxygen atoms in total. The average Bonchev–Trinajstić information content (AvgIpc) is 2.32. The number of thioether (sulfide) groups is 1. The summed E-state index contributed by atoms with van der Waals surface area (Å²) in [5.74, 6) is -4.30. The highest BCUT2D eigenvalue weighted by atomic mass is 79.9. The van der Waals surface area contributed by atoms with Crippen LogP contribution in [0.15, 0.2) is 27.6 Å². The zero-order valence-electron chi connectivity index (χ0n) is 10.0. The molecule has 0 unspecified atom stereocenters. The molecular formula is C12H13BrF2O2S. The Kier molecular flexibility index (Phi) is 5.59. The molecule has 18 heavy (non-hydrogen) atoms. The van der Waals surface area contributed by atoms with E-state index in [-0.39, 0.29) is 12.2 Å². The second kappa shape index (κ2) is 6.52. The lowest BCUT2D eigenvalue weighted by Crippen LogP contribution is -2.28. The van der Waals surface area contributed by atoms with Gasteiger partial charge in [0.2, 0.25) is 0 Å². The van der Waals surface area contributed by atoms with Crippen molar-refractivity contribution in [2.45, 2.75) is 24.7 Å². The first kappa shape index (κ1) is 15.4. The molecule has 0 spiro atoms. The van der Waals surface area contributed by atoms with E-state index in [0.717, 1.165) is 10.6 Å². The molecule has 0 N–H and O–H groups in total. The van der Waals surface area contributed by atoms with Gasteiger partial charge in [-0.25, -0.2) is 4.79 Å². The Labute approximate surface area is 117 Å². The molecule has 100 valence electrons. The van der Waals surface area contributed by atoms with E-state index in [1.54, 1.807) is 6.07 Å². The summed E-state index contributed by atoms with van der Waals surface area (Å²) in [6.45, 7) is 3.39. The van der Waals surface area contributed by atoms with Crippen molar-refractivity contribution < 1.29 is 18.3 Å². The van der Waals surface area contributed by atoms with Crippen LogP contribution in [0.1, 0.15) is 19.4 Å². The maximum absolute atomic E-state index is 13.7. The summed E-state index contributed by atoms with van der Waals surface area (Å²) in [6.07, 6.45) is 0. The molecule has 6 heteroatoms. The molecule has 0 atom stereocenters. The third-order valence-corrected chi connectivity index (χ3v) is 4.00. The van der Waals surface area contributed by atoms with Crippen molar-refractivity contribution in [1.29, 1.82) is 0 Å². The predicted octanol–water partition coefficient (Wildman–Crippen LogP) is 4.22. The minimum atomic E-state index is -3.62. The van der Waals surface area contributed by atoms with E-state index in [2.05, 4.69) is 20.7 Å². The summed E-state index contributed by atoms with van der Waals surface area (Å²) in [5, 5.41) is 0. The Morgan fingerprint density at radius 1 is 1.44 bits per heavy atom. The third-order valence-electron chi connectivity index (χ3n) is 2.13. The van der Waals surface area contributed by atoms with E-state index in [1.807, 2.05) is 6.92 Å². The van der Waals surface area contributed by atoms with Crippen LogP contribution in [0.5, 0.6) is 0 Å². The van der Waals surface area contributed by atoms with Crippen molar-refractivity contribution in [3.8, 4) is 0 Å². The van der Waals surface area contributed by atoms with Crippen molar-refractivity contribution in [2.75, 3.05) is 12.4 Å². The SMILES string of the molecule is CCOC(=O)C(F)(F)c1ccc(SCC)c(Br)c1. The Hall–Kier alpha value is -0.620. The molecule has 0 fully saturated rings. The molecule has 0 saturated heterocycles. The van der Waals surface area contributed by atoms with Gasteiger partial charge in [0.1, 0.15) is 0 Å². The topological polar surface area (TPSA) is 26.3 Å².